The Morgan fingerprint density at radius 3 is 2.53 bits per heavy atom. The summed E-state index contributed by atoms with van der Waals surface area (Å²) in [6.07, 6.45) is 1.94. The molecule has 19 heavy (non-hydrogen) atoms. The number of carboxylic acids is 1. The normalized spacial score (nSPS) is 15.6. The first-order valence-corrected chi connectivity index (χ1v) is 6.38. The predicted molar refractivity (Wildman–Crippen MR) is 70.8 cm³/mol. The molecule has 2 rings (SSSR count). The van der Waals surface area contributed by atoms with E-state index in [1.165, 1.54) is 0 Å². The van der Waals surface area contributed by atoms with Crippen molar-refractivity contribution in [3.8, 4) is 0 Å². The van der Waals surface area contributed by atoms with Gasteiger partial charge in [-0.15, -0.1) is 0 Å². The van der Waals surface area contributed by atoms with Gasteiger partial charge in [-0.2, -0.15) is 0 Å². The van der Waals surface area contributed by atoms with Gasteiger partial charge in [0, 0.05) is 13.1 Å². The van der Waals surface area contributed by atoms with Gasteiger partial charge in [0.15, 0.2) is 0 Å². The zero-order chi connectivity index (χ0) is 13.8. The highest BCUT2D eigenvalue weighted by atomic mass is 16.4. The molecule has 5 nitrogen and oxygen atoms in total. The van der Waals surface area contributed by atoms with Crippen LogP contribution >= 0.6 is 0 Å². The van der Waals surface area contributed by atoms with E-state index in [0.29, 0.717) is 6.04 Å². The second-order valence-electron chi connectivity index (χ2n) is 4.85. The van der Waals surface area contributed by atoms with Crippen molar-refractivity contribution >= 4 is 12.0 Å². The Labute approximate surface area is 112 Å². The maximum absolute atomic E-state index is 12.0. The van der Waals surface area contributed by atoms with Gasteiger partial charge in [0.2, 0.25) is 0 Å². The van der Waals surface area contributed by atoms with Crippen LogP contribution in [0.15, 0.2) is 30.3 Å². The standard InChI is InChI=1S/C14H18N2O3/c1-16(11-7-8-11)14(19)15-12(9-13(17)18)10-5-3-2-4-6-10/h2-6,11-12H,7-9H2,1H3,(H,15,19)(H,17,18). The predicted octanol–water partition coefficient (Wildman–Crippen LogP) is 2.01. The van der Waals surface area contributed by atoms with Crippen LogP contribution in [0.2, 0.25) is 0 Å². The smallest absolute Gasteiger partial charge is 0.317 e. The molecule has 0 bridgehead atoms. The lowest BCUT2D eigenvalue weighted by Gasteiger charge is -2.22. The third-order valence-electron chi connectivity index (χ3n) is 3.29. The van der Waals surface area contributed by atoms with Gasteiger partial charge in [0.1, 0.15) is 0 Å². The number of nitrogens with zero attached hydrogens (tertiary/aromatic N) is 1. The number of rotatable bonds is 5. The first kappa shape index (κ1) is 13.4. The molecule has 1 atom stereocenters. The summed E-state index contributed by atoms with van der Waals surface area (Å²) in [5.74, 6) is -0.928. The molecular formula is C14H18N2O3. The second-order valence-corrected chi connectivity index (χ2v) is 4.85. The van der Waals surface area contributed by atoms with Crippen molar-refractivity contribution in [3.63, 3.8) is 0 Å². The summed E-state index contributed by atoms with van der Waals surface area (Å²) in [5, 5.41) is 11.7. The molecule has 1 fully saturated rings. The third-order valence-corrected chi connectivity index (χ3v) is 3.29. The van der Waals surface area contributed by atoms with Crippen molar-refractivity contribution < 1.29 is 14.7 Å². The van der Waals surface area contributed by atoms with Gasteiger partial charge >= 0.3 is 12.0 Å². The molecule has 1 unspecified atom stereocenters. The number of hydrogen-bond acceptors (Lipinski definition) is 2. The van der Waals surface area contributed by atoms with E-state index in [1.54, 1.807) is 11.9 Å². The lowest BCUT2D eigenvalue weighted by atomic mass is 10.0. The summed E-state index contributed by atoms with van der Waals surface area (Å²) < 4.78 is 0. The molecule has 1 aliphatic carbocycles. The summed E-state index contributed by atoms with van der Waals surface area (Å²) in [5.41, 5.74) is 0.808. The van der Waals surface area contributed by atoms with Crippen LogP contribution in [0.3, 0.4) is 0 Å². The molecule has 0 heterocycles. The molecule has 1 aromatic carbocycles. The summed E-state index contributed by atoms with van der Waals surface area (Å²) in [7, 11) is 1.75. The Balaban J connectivity index is 2.05. The Kier molecular flexibility index (Phi) is 4.04. The van der Waals surface area contributed by atoms with Crippen molar-refractivity contribution in [2.24, 2.45) is 0 Å². The van der Waals surface area contributed by atoms with E-state index >= 15 is 0 Å². The van der Waals surface area contributed by atoms with E-state index in [1.807, 2.05) is 30.3 Å². The number of urea groups is 1. The molecule has 0 aliphatic heterocycles. The largest absolute Gasteiger partial charge is 0.481 e. The Hall–Kier alpha value is -2.04. The topological polar surface area (TPSA) is 69.6 Å². The van der Waals surface area contributed by atoms with Gasteiger partial charge in [-0.05, 0) is 18.4 Å². The molecular weight excluding hydrogens is 244 g/mol. The minimum absolute atomic E-state index is 0.117. The fourth-order valence-corrected chi connectivity index (χ4v) is 1.99. The first-order valence-electron chi connectivity index (χ1n) is 6.38. The van der Waals surface area contributed by atoms with E-state index in [9.17, 15) is 9.59 Å². The SMILES string of the molecule is CN(C(=O)NC(CC(=O)O)c1ccccc1)C1CC1. The summed E-state index contributed by atoms with van der Waals surface area (Å²) >= 11 is 0. The molecule has 0 radical (unpaired) electrons. The van der Waals surface area contributed by atoms with Crippen molar-refractivity contribution in [2.45, 2.75) is 31.3 Å². The molecule has 1 aromatic rings. The fraction of sp³-hybridized carbons (Fsp3) is 0.429. The molecule has 5 heteroatoms. The van der Waals surface area contributed by atoms with E-state index in [4.69, 9.17) is 5.11 Å². The van der Waals surface area contributed by atoms with Gasteiger partial charge in [-0.25, -0.2) is 4.79 Å². The minimum Gasteiger partial charge on any atom is -0.481 e. The number of amides is 2. The van der Waals surface area contributed by atoms with Gasteiger partial charge < -0.3 is 15.3 Å². The summed E-state index contributed by atoms with van der Waals surface area (Å²) in [6.45, 7) is 0. The zero-order valence-corrected chi connectivity index (χ0v) is 10.9. The maximum Gasteiger partial charge on any atom is 0.317 e. The van der Waals surface area contributed by atoms with Crippen LogP contribution in [-0.2, 0) is 4.79 Å². The van der Waals surface area contributed by atoms with Crippen LogP contribution in [0, 0.1) is 0 Å². The van der Waals surface area contributed by atoms with Crippen LogP contribution in [0.25, 0.3) is 0 Å². The number of hydrogen-bond donors (Lipinski definition) is 2. The van der Waals surface area contributed by atoms with E-state index < -0.39 is 12.0 Å². The molecule has 0 saturated heterocycles. The van der Waals surface area contributed by atoms with Crippen LogP contribution < -0.4 is 5.32 Å². The maximum atomic E-state index is 12.0. The lowest BCUT2D eigenvalue weighted by molar-refractivity contribution is -0.137. The van der Waals surface area contributed by atoms with Crippen LogP contribution in [-0.4, -0.2) is 35.1 Å². The van der Waals surface area contributed by atoms with Crippen molar-refractivity contribution in [1.29, 1.82) is 0 Å². The molecule has 0 spiro atoms. The Bertz CT molecular complexity index is 457. The van der Waals surface area contributed by atoms with Gasteiger partial charge in [-0.3, -0.25) is 4.79 Å². The minimum atomic E-state index is -0.928. The third kappa shape index (κ3) is 3.71. The fourth-order valence-electron chi connectivity index (χ4n) is 1.99. The molecule has 2 N–H and O–H groups in total. The number of carboxylic acid groups (broad SMARTS) is 1. The summed E-state index contributed by atoms with van der Waals surface area (Å²) in [6, 6.07) is 8.78. The van der Waals surface area contributed by atoms with Crippen LogP contribution in [0.1, 0.15) is 30.9 Å². The second kappa shape index (κ2) is 5.73. The van der Waals surface area contributed by atoms with E-state index in [-0.39, 0.29) is 12.5 Å². The van der Waals surface area contributed by atoms with E-state index in [0.717, 1.165) is 18.4 Å². The van der Waals surface area contributed by atoms with Crippen molar-refractivity contribution in [3.05, 3.63) is 35.9 Å². The van der Waals surface area contributed by atoms with Crippen LogP contribution in [0.5, 0.6) is 0 Å². The van der Waals surface area contributed by atoms with Gasteiger partial charge in [-0.1, -0.05) is 30.3 Å². The Morgan fingerprint density at radius 1 is 1.37 bits per heavy atom. The average Bonchev–Trinajstić information content (AvgIpc) is 3.22. The zero-order valence-electron chi connectivity index (χ0n) is 10.9. The molecule has 0 aromatic heterocycles. The van der Waals surface area contributed by atoms with E-state index in [2.05, 4.69) is 5.32 Å². The Morgan fingerprint density at radius 2 is 2.00 bits per heavy atom. The van der Waals surface area contributed by atoms with Crippen molar-refractivity contribution in [2.75, 3.05) is 7.05 Å². The molecule has 1 saturated carbocycles. The number of carbonyl (C=O) groups excluding carboxylic acids is 1. The first-order chi connectivity index (χ1) is 9.08. The highest BCUT2D eigenvalue weighted by molar-refractivity contribution is 5.76. The lowest BCUT2D eigenvalue weighted by Crippen LogP contribution is -2.41. The van der Waals surface area contributed by atoms with Crippen LogP contribution in [0.4, 0.5) is 4.79 Å². The number of nitrogens with one attached hydrogen (secondary N) is 1. The number of benzene rings is 1. The van der Waals surface area contributed by atoms with Gasteiger partial charge in [0.05, 0.1) is 12.5 Å². The average molecular weight is 262 g/mol. The highest BCUT2D eigenvalue weighted by Crippen LogP contribution is 2.26. The number of carbonyl (C=O) groups is 2. The summed E-state index contributed by atoms with van der Waals surface area (Å²) in [4.78, 5) is 24.6. The highest BCUT2D eigenvalue weighted by Gasteiger charge is 2.30. The number of aliphatic carboxylic acids is 1. The molecule has 102 valence electrons. The molecule has 1 aliphatic rings. The molecule has 2 amide bonds. The quantitative estimate of drug-likeness (QED) is 0.852. The monoisotopic (exact) mass is 262 g/mol. The van der Waals surface area contributed by atoms with Crippen molar-refractivity contribution in [1.82, 2.24) is 10.2 Å². The van der Waals surface area contributed by atoms with Gasteiger partial charge in [0.25, 0.3) is 0 Å².